The number of nitrogens with zero attached hydrogens (tertiary/aromatic N) is 1. The van der Waals surface area contributed by atoms with Crippen molar-refractivity contribution >= 4 is 42.3 Å². The van der Waals surface area contributed by atoms with Gasteiger partial charge in [-0.25, -0.2) is 0 Å². The average Bonchev–Trinajstić information content (AvgIpc) is 2.90. The van der Waals surface area contributed by atoms with Crippen molar-refractivity contribution in [2.24, 2.45) is 4.99 Å². The van der Waals surface area contributed by atoms with Crippen LogP contribution in [0.4, 0.5) is 5.69 Å². The van der Waals surface area contributed by atoms with E-state index >= 15 is 0 Å². The third-order valence-corrected chi connectivity index (χ3v) is 9.70. The molecule has 2 unspecified atom stereocenters. The van der Waals surface area contributed by atoms with Gasteiger partial charge in [-0.3, -0.25) is 0 Å². The third kappa shape index (κ3) is 6.42. The summed E-state index contributed by atoms with van der Waals surface area (Å²) in [5.41, 5.74) is 2.19. The van der Waals surface area contributed by atoms with E-state index < -0.39 is 34.8 Å². The predicted molar refractivity (Wildman–Crippen MR) is 154 cm³/mol. The van der Waals surface area contributed by atoms with Gasteiger partial charge in [0.15, 0.2) is 0 Å². The molecule has 2 atom stereocenters. The quantitative estimate of drug-likeness (QED) is 0.146. The minimum atomic E-state index is -2.12. The van der Waals surface area contributed by atoms with Crippen LogP contribution in [-0.4, -0.2) is 40.1 Å². The second-order valence-electron chi connectivity index (χ2n) is 9.51. The fraction of sp³-hybridized carbons (Fsp3) is 0.194. The molecule has 0 N–H and O–H groups in total. The molecule has 0 aliphatic rings. The first-order valence-electron chi connectivity index (χ1n) is 12.1. The molecule has 0 saturated heterocycles. The standard InChI is InChI=1S/C31H33NO2SiTe/c1-33-29(25-17-9-5-10-18-25)31(34-35(2,3)4,26-19-11-6-12-20-26)30(32-27-21-13-7-14-22-27)36-28-23-15-8-16-24-28/h5-24,29H,1-4H3. The van der Waals surface area contributed by atoms with Gasteiger partial charge in [0.25, 0.3) is 0 Å². The van der Waals surface area contributed by atoms with Gasteiger partial charge in [-0.05, 0) is 0 Å². The summed E-state index contributed by atoms with van der Waals surface area (Å²) < 4.78 is 16.1. The van der Waals surface area contributed by atoms with Gasteiger partial charge >= 0.3 is 227 Å². The summed E-state index contributed by atoms with van der Waals surface area (Å²) in [5.74, 6) is 0. The van der Waals surface area contributed by atoms with Gasteiger partial charge in [0.2, 0.25) is 0 Å². The van der Waals surface area contributed by atoms with Gasteiger partial charge in [0.1, 0.15) is 0 Å². The Kier molecular flexibility index (Phi) is 8.95. The van der Waals surface area contributed by atoms with Crippen LogP contribution in [0.3, 0.4) is 0 Å². The molecular formula is C31H33NO2SiTe. The van der Waals surface area contributed by atoms with Crippen LogP contribution >= 0.6 is 0 Å². The van der Waals surface area contributed by atoms with Crippen LogP contribution in [0, 0.1) is 0 Å². The van der Waals surface area contributed by atoms with E-state index in [9.17, 15) is 0 Å². The molecule has 0 aromatic heterocycles. The van der Waals surface area contributed by atoms with Crippen molar-refractivity contribution in [1.29, 1.82) is 0 Å². The second-order valence-corrected chi connectivity index (χ2v) is 17.0. The molecule has 0 heterocycles. The number of hydrogen-bond donors (Lipinski definition) is 0. The Morgan fingerprint density at radius 1 is 0.722 bits per heavy atom. The molecule has 0 aliphatic carbocycles. The van der Waals surface area contributed by atoms with Crippen LogP contribution in [0.15, 0.2) is 126 Å². The maximum absolute atomic E-state index is 7.34. The first-order valence-corrected chi connectivity index (χ1v) is 17.9. The van der Waals surface area contributed by atoms with E-state index in [1.165, 1.54) is 3.61 Å². The molecule has 0 spiro atoms. The molecule has 36 heavy (non-hydrogen) atoms. The number of benzene rings is 4. The zero-order valence-corrected chi connectivity index (χ0v) is 24.6. The van der Waals surface area contributed by atoms with E-state index in [0.717, 1.165) is 20.6 Å². The van der Waals surface area contributed by atoms with Crippen LogP contribution in [0.25, 0.3) is 0 Å². The first-order chi connectivity index (χ1) is 17.4. The van der Waals surface area contributed by atoms with Crippen LogP contribution < -0.4 is 3.61 Å². The fourth-order valence-electron chi connectivity index (χ4n) is 4.28. The molecule has 0 amide bonds. The Morgan fingerprint density at radius 3 is 1.75 bits per heavy atom. The monoisotopic (exact) mass is 609 g/mol. The van der Waals surface area contributed by atoms with Gasteiger partial charge < -0.3 is 0 Å². The van der Waals surface area contributed by atoms with E-state index in [1.54, 1.807) is 7.11 Å². The van der Waals surface area contributed by atoms with Crippen molar-refractivity contribution in [2.75, 3.05) is 7.11 Å². The third-order valence-electron chi connectivity index (χ3n) is 5.64. The van der Waals surface area contributed by atoms with Crippen molar-refractivity contribution in [3.05, 3.63) is 132 Å². The second kappa shape index (κ2) is 12.1. The van der Waals surface area contributed by atoms with Crippen molar-refractivity contribution in [2.45, 2.75) is 31.3 Å². The van der Waals surface area contributed by atoms with Gasteiger partial charge in [-0.1, -0.05) is 0 Å². The van der Waals surface area contributed by atoms with E-state index in [0.29, 0.717) is 0 Å². The van der Waals surface area contributed by atoms with Crippen molar-refractivity contribution in [3.8, 4) is 0 Å². The number of rotatable bonds is 10. The summed E-state index contributed by atoms with van der Waals surface area (Å²) in [6.07, 6.45) is -0.371. The van der Waals surface area contributed by atoms with E-state index in [2.05, 4.69) is 117 Å². The number of methoxy groups -OCH3 is 1. The van der Waals surface area contributed by atoms with Crippen molar-refractivity contribution in [1.82, 2.24) is 0 Å². The van der Waals surface area contributed by atoms with Gasteiger partial charge in [0.05, 0.1) is 0 Å². The summed E-state index contributed by atoms with van der Waals surface area (Å²) in [4.78, 5) is 5.37. The van der Waals surface area contributed by atoms with Gasteiger partial charge in [-0.2, -0.15) is 0 Å². The Hall–Kier alpha value is -2.52. The predicted octanol–water partition coefficient (Wildman–Crippen LogP) is 6.88. The van der Waals surface area contributed by atoms with Gasteiger partial charge in [-0.15, -0.1) is 0 Å². The summed E-state index contributed by atoms with van der Waals surface area (Å²) in [5, 5.41) is 0. The van der Waals surface area contributed by atoms with Gasteiger partial charge in [0, 0.05) is 0 Å². The summed E-state index contributed by atoms with van der Waals surface area (Å²) in [6, 6.07) is 41.9. The summed E-state index contributed by atoms with van der Waals surface area (Å²) >= 11 is -0.941. The van der Waals surface area contributed by atoms with Crippen LogP contribution in [-0.2, 0) is 14.8 Å². The Bertz CT molecular complexity index is 1250. The molecule has 4 aromatic carbocycles. The Morgan fingerprint density at radius 2 is 1.22 bits per heavy atom. The molecule has 0 saturated carbocycles. The van der Waals surface area contributed by atoms with Crippen LogP contribution in [0.2, 0.25) is 19.6 Å². The molecule has 5 heteroatoms. The number of aliphatic imine (C=N–C) groups is 1. The van der Waals surface area contributed by atoms with Crippen LogP contribution in [0.5, 0.6) is 0 Å². The van der Waals surface area contributed by atoms with Crippen molar-refractivity contribution < 1.29 is 9.16 Å². The average molecular weight is 607 g/mol. The number of hydrogen-bond acceptors (Lipinski definition) is 3. The molecular weight excluding hydrogens is 574 g/mol. The fourth-order valence-corrected chi connectivity index (χ4v) is 8.89. The summed E-state index contributed by atoms with van der Waals surface area (Å²) in [6.45, 7) is 6.73. The molecule has 0 bridgehead atoms. The Balaban J connectivity index is 2.06. The maximum atomic E-state index is 7.34. The molecule has 184 valence electrons. The topological polar surface area (TPSA) is 30.8 Å². The minimum absolute atomic E-state index is 0.371. The van der Waals surface area contributed by atoms with E-state index in [1.807, 2.05) is 24.3 Å². The molecule has 0 radical (unpaired) electrons. The molecule has 3 nitrogen and oxygen atoms in total. The summed E-state index contributed by atoms with van der Waals surface area (Å²) in [7, 11) is -0.341. The zero-order chi connectivity index (χ0) is 25.4. The molecule has 0 aliphatic heterocycles. The normalized spacial score (nSPS) is 14.7. The SMILES string of the molecule is COC(c1ccccc1)C(O[Si](C)(C)C)(C(=Nc1ccccc1)[Te]c1ccccc1)c1ccccc1. The molecule has 0 fully saturated rings. The first kappa shape index (κ1) is 26.5. The Labute approximate surface area is 226 Å². The molecule has 4 aromatic rings. The van der Waals surface area contributed by atoms with E-state index in [-0.39, 0.29) is 6.10 Å². The van der Waals surface area contributed by atoms with Crippen molar-refractivity contribution in [3.63, 3.8) is 0 Å². The zero-order valence-electron chi connectivity index (χ0n) is 21.3. The molecule has 4 rings (SSSR count). The number of para-hydroxylation sites is 1. The number of ether oxygens (including phenoxy) is 1. The van der Waals surface area contributed by atoms with E-state index in [4.69, 9.17) is 14.2 Å². The van der Waals surface area contributed by atoms with Crippen LogP contribution in [0.1, 0.15) is 17.2 Å².